The van der Waals surface area contributed by atoms with Gasteiger partial charge in [0.05, 0.1) is 4.90 Å². The number of nitrogens with two attached hydrogens (primary N) is 1. The third kappa shape index (κ3) is 6.62. The highest BCUT2D eigenvalue weighted by molar-refractivity contribution is 7.90. The van der Waals surface area contributed by atoms with Crippen molar-refractivity contribution in [3.8, 4) is 5.75 Å². The Kier molecular flexibility index (Phi) is 8.98. The summed E-state index contributed by atoms with van der Waals surface area (Å²) in [5.41, 5.74) is 8.20. The molecule has 0 spiro atoms. The zero-order valence-corrected chi connectivity index (χ0v) is 23.5. The second-order valence-electron chi connectivity index (χ2n) is 10.8. The molecule has 10 nitrogen and oxygen atoms in total. The molecule has 1 heterocycles. The lowest BCUT2D eigenvalue weighted by Crippen LogP contribution is -2.49. The second kappa shape index (κ2) is 10.7. The quantitative estimate of drug-likeness (QED) is 0.156. The Balaban J connectivity index is 0.00000456. The fourth-order valence-corrected chi connectivity index (χ4v) is 5.98. The molecule has 1 fully saturated rings. The van der Waals surface area contributed by atoms with Gasteiger partial charge in [-0.1, -0.05) is 0 Å². The highest BCUT2D eigenvalue weighted by atomic mass is 35.5. The monoisotopic (exact) mass is 545 g/mol. The molecule has 1 unspecified atom stereocenters. The molecule has 1 aliphatic heterocycles. The van der Waals surface area contributed by atoms with Gasteiger partial charge in [-0.05, 0) is 83.9 Å². The fraction of sp³-hybridized carbons (Fsp3) is 0.667. The average molecular weight is 546 g/mol. The maximum Gasteiger partial charge on any atom is 0.264 e. The van der Waals surface area contributed by atoms with Crippen LogP contribution in [0.15, 0.2) is 4.90 Å². The van der Waals surface area contributed by atoms with E-state index in [1.807, 2.05) is 27.7 Å². The van der Waals surface area contributed by atoms with Gasteiger partial charge < -0.3 is 26.2 Å². The van der Waals surface area contributed by atoms with E-state index in [0.29, 0.717) is 30.4 Å². The Morgan fingerprint density at radius 3 is 2.36 bits per heavy atom. The molecule has 2 aliphatic rings. The number of aliphatic hydroxyl groups is 1. The minimum atomic E-state index is -4.00. The average Bonchev–Trinajstić information content (AvgIpc) is 3.36. The number of aliphatic hydroxyl groups excluding tert-OH is 1. The Morgan fingerprint density at radius 1 is 1.17 bits per heavy atom. The lowest BCUT2D eigenvalue weighted by atomic mass is 9.94. The molecule has 2 atom stereocenters. The van der Waals surface area contributed by atoms with Crippen molar-refractivity contribution in [2.75, 3.05) is 6.54 Å². The second-order valence-corrected chi connectivity index (χ2v) is 12.4. The van der Waals surface area contributed by atoms with Crippen molar-refractivity contribution in [1.29, 1.82) is 5.41 Å². The van der Waals surface area contributed by atoms with Gasteiger partial charge in [0, 0.05) is 30.1 Å². The number of amides is 1. The van der Waals surface area contributed by atoms with E-state index in [1.54, 1.807) is 13.8 Å². The van der Waals surface area contributed by atoms with Crippen molar-refractivity contribution < 1.29 is 23.1 Å². The molecule has 1 aromatic rings. The summed E-state index contributed by atoms with van der Waals surface area (Å²) >= 11 is 0. The van der Waals surface area contributed by atoms with Crippen LogP contribution in [-0.2, 0) is 21.2 Å². The maximum atomic E-state index is 13.2. The van der Waals surface area contributed by atoms with Gasteiger partial charge in [0.25, 0.3) is 15.9 Å². The zero-order chi connectivity index (χ0) is 26.3. The lowest BCUT2D eigenvalue weighted by molar-refractivity contribution is -0.131. The van der Waals surface area contributed by atoms with Gasteiger partial charge in [0.2, 0.25) is 5.96 Å². The van der Waals surface area contributed by atoms with Crippen LogP contribution in [0.25, 0.3) is 0 Å². The summed E-state index contributed by atoms with van der Waals surface area (Å²) in [4.78, 5) is 12.3. The van der Waals surface area contributed by atoms with Crippen LogP contribution in [0.2, 0.25) is 0 Å². The van der Waals surface area contributed by atoms with Gasteiger partial charge >= 0.3 is 0 Å². The minimum absolute atomic E-state index is 0. The summed E-state index contributed by atoms with van der Waals surface area (Å²) in [6, 6.07) is -0.754. The van der Waals surface area contributed by atoms with Crippen LogP contribution in [0.5, 0.6) is 5.75 Å². The number of sulfonamides is 1. The van der Waals surface area contributed by atoms with E-state index in [1.165, 1.54) is 0 Å². The SMILES string of the molecule is Cc1c(C)c(S(=O)(=O)NC(=N)NCCC[C@H](N)C(O)C(=O)NC2(C)CC2)c(C)c2c1OC(C)(C)C2.Cl. The molecule has 1 amide bonds. The van der Waals surface area contributed by atoms with E-state index in [-0.39, 0.29) is 35.3 Å². The van der Waals surface area contributed by atoms with Crippen molar-refractivity contribution in [3.63, 3.8) is 0 Å². The predicted octanol–water partition coefficient (Wildman–Crippen LogP) is 1.69. The lowest BCUT2D eigenvalue weighted by Gasteiger charge is -2.21. The van der Waals surface area contributed by atoms with Crippen molar-refractivity contribution in [2.24, 2.45) is 5.73 Å². The van der Waals surface area contributed by atoms with Crippen LogP contribution in [0, 0.1) is 26.2 Å². The first-order valence-corrected chi connectivity index (χ1v) is 13.5. The van der Waals surface area contributed by atoms with E-state index in [4.69, 9.17) is 15.9 Å². The van der Waals surface area contributed by atoms with E-state index in [9.17, 15) is 18.3 Å². The molecule has 0 aromatic heterocycles. The molecule has 0 radical (unpaired) electrons. The molecule has 7 N–H and O–H groups in total. The van der Waals surface area contributed by atoms with Crippen molar-refractivity contribution in [1.82, 2.24) is 15.4 Å². The standard InChI is InChI=1S/C24H39N5O5S.ClH/c1-13-14(2)20(15(3)16-12-23(4,5)34-19(13)16)35(32,33)29-22(26)27-11-7-8-17(25)18(30)21(31)28-24(6)9-10-24;/h17-18,30H,7-12,25H2,1-6H3,(H,28,31)(H3,26,27,29);1H/t17-,18?;/m0./s1. The van der Waals surface area contributed by atoms with E-state index in [0.717, 1.165) is 29.7 Å². The highest BCUT2D eigenvalue weighted by Gasteiger charge is 2.40. The summed E-state index contributed by atoms with van der Waals surface area (Å²) in [6.07, 6.45) is 1.84. The molecule has 3 rings (SSSR count). The summed E-state index contributed by atoms with van der Waals surface area (Å²) < 4.78 is 34.8. The number of guanidine groups is 1. The number of fused-ring (bicyclic) bond motifs is 1. The summed E-state index contributed by atoms with van der Waals surface area (Å²) in [5, 5.41) is 23.7. The molecule has 1 aromatic carbocycles. The van der Waals surface area contributed by atoms with Gasteiger partial charge in [0.15, 0.2) is 0 Å². The Morgan fingerprint density at radius 2 is 1.78 bits per heavy atom. The largest absolute Gasteiger partial charge is 0.487 e. The van der Waals surface area contributed by atoms with E-state index >= 15 is 0 Å². The summed E-state index contributed by atoms with van der Waals surface area (Å²) in [5.74, 6) is -0.0854. The predicted molar refractivity (Wildman–Crippen MR) is 141 cm³/mol. The normalized spacial score (nSPS) is 18.7. The van der Waals surface area contributed by atoms with Gasteiger partial charge in [-0.3, -0.25) is 10.2 Å². The molecule has 1 aliphatic carbocycles. The first kappa shape index (κ1) is 30.1. The molecule has 204 valence electrons. The molecular formula is C24H40ClN5O5S. The molecule has 12 heteroatoms. The Labute approximate surface area is 220 Å². The number of halogens is 1. The minimum Gasteiger partial charge on any atom is -0.487 e. The van der Waals surface area contributed by atoms with Crippen molar-refractivity contribution >= 4 is 34.3 Å². The number of carbonyl (C=O) groups is 1. The van der Waals surface area contributed by atoms with Crippen LogP contribution in [0.3, 0.4) is 0 Å². The number of hydrogen-bond donors (Lipinski definition) is 6. The maximum absolute atomic E-state index is 13.2. The van der Waals surface area contributed by atoms with E-state index in [2.05, 4.69) is 15.4 Å². The smallest absolute Gasteiger partial charge is 0.264 e. The molecular weight excluding hydrogens is 506 g/mol. The highest BCUT2D eigenvalue weighted by Crippen LogP contribution is 2.43. The number of hydrogen-bond acceptors (Lipinski definition) is 7. The zero-order valence-electron chi connectivity index (χ0n) is 21.9. The molecule has 0 saturated heterocycles. The molecule has 0 bridgehead atoms. The van der Waals surface area contributed by atoms with Gasteiger partial charge in [-0.2, -0.15) is 0 Å². The number of carbonyl (C=O) groups excluding carboxylic acids is 1. The third-order valence-corrected chi connectivity index (χ3v) is 8.53. The topological polar surface area (TPSA) is 167 Å². The van der Waals surface area contributed by atoms with Crippen LogP contribution in [0.4, 0.5) is 0 Å². The van der Waals surface area contributed by atoms with Crippen LogP contribution in [0.1, 0.15) is 68.7 Å². The number of ether oxygens (including phenoxy) is 1. The first-order chi connectivity index (χ1) is 16.1. The number of rotatable bonds is 9. The molecule has 36 heavy (non-hydrogen) atoms. The molecule has 1 saturated carbocycles. The Bertz CT molecular complexity index is 1130. The third-order valence-electron chi connectivity index (χ3n) is 6.91. The van der Waals surface area contributed by atoms with Gasteiger partial charge in [0.1, 0.15) is 17.5 Å². The summed E-state index contributed by atoms with van der Waals surface area (Å²) in [7, 11) is -4.00. The number of benzene rings is 1. The van der Waals surface area contributed by atoms with Crippen LogP contribution < -0.4 is 25.8 Å². The summed E-state index contributed by atoms with van der Waals surface area (Å²) in [6.45, 7) is 11.5. The van der Waals surface area contributed by atoms with Crippen molar-refractivity contribution in [2.45, 2.75) is 102 Å². The van der Waals surface area contributed by atoms with Crippen molar-refractivity contribution in [3.05, 3.63) is 22.3 Å². The Hall–Kier alpha value is -2.08. The fourth-order valence-electron chi connectivity index (χ4n) is 4.46. The van der Waals surface area contributed by atoms with E-state index < -0.39 is 33.7 Å². The van der Waals surface area contributed by atoms with Crippen LogP contribution in [-0.4, -0.2) is 55.2 Å². The van der Waals surface area contributed by atoms with Gasteiger partial charge in [-0.15, -0.1) is 12.4 Å². The van der Waals surface area contributed by atoms with Crippen LogP contribution >= 0.6 is 12.4 Å². The van der Waals surface area contributed by atoms with Gasteiger partial charge in [-0.25, -0.2) is 13.1 Å². The first-order valence-electron chi connectivity index (χ1n) is 12.0. The number of nitrogens with one attached hydrogen (secondary N) is 4.